The van der Waals surface area contributed by atoms with Crippen molar-refractivity contribution in [3.8, 4) is 0 Å². The summed E-state index contributed by atoms with van der Waals surface area (Å²) in [5.41, 5.74) is 5.29. The molecule has 0 fully saturated rings. The van der Waals surface area contributed by atoms with E-state index in [0.717, 1.165) is 12.8 Å². The van der Waals surface area contributed by atoms with Crippen LogP contribution in [-0.2, 0) is 9.59 Å². The molecule has 0 rings (SSSR count). The summed E-state index contributed by atoms with van der Waals surface area (Å²) in [6.45, 7) is 5.76. The highest BCUT2D eigenvalue weighted by Crippen LogP contribution is 2.12. The molecule has 0 saturated carbocycles. The Kier molecular flexibility index (Phi) is 5.93. The molecule has 0 aliphatic heterocycles. The maximum absolute atomic E-state index is 11.5. The van der Waals surface area contributed by atoms with Crippen molar-refractivity contribution in [2.24, 2.45) is 5.73 Å². The second-order valence-corrected chi connectivity index (χ2v) is 3.65. The van der Waals surface area contributed by atoms with Gasteiger partial charge in [0.25, 0.3) is 0 Å². The van der Waals surface area contributed by atoms with Crippen LogP contribution in [0.2, 0.25) is 0 Å². The number of hydrogen-bond acceptors (Lipinski definition) is 3. The van der Waals surface area contributed by atoms with E-state index in [2.05, 4.69) is 10.6 Å². The molecule has 88 valence electrons. The molecule has 0 atom stereocenters. The zero-order chi connectivity index (χ0) is 11.9. The molecule has 4 N–H and O–H groups in total. The molecule has 5 nitrogen and oxygen atoms in total. The Morgan fingerprint density at radius 2 is 1.80 bits per heavy atom. The molecular formula is C10H21N3O2. The third-order valence-electron chi connectivity index (χ3n) is 2.65. The molecule has 0 aliphatic rings. The maximum Gasteiger partial charge on any atom is 0.239 e. The van der Waals surface area contributed by atoms with E-state index in [1.165, 1.54) is 6.92 Å². The summed E-state index contributed by atoms with van der Waals surface area (Å²) >= 11 is 0. The number of nitrogens with one attached hydrogen (secondary N) is 2. The molecule has 0 aromatic carbocycles. The summed E-state index contributed by atoms with van der Waals surface area (Å²) in [5, 5.41) is 5.30. The van der Waals surface area contributed by atoms with Crippen molar-refractivity contribution >= 4 is 11.8 Å². The molecule has 5 heteroatoms. The Bertz CT molecular complexity index is 216. The largest absolute Gasteiger partial charge is 0.348 e. The molecule has 0 heterocycles. The molecular weight excluding hydrogens is 194 g/mol. The van der Waals surface area contributed by atoms with Crippen molar-refractivity contribution in [1.29, 1.82) is 0 Å². The minimum absolute atomic E-state index is 0.0110. The molecule has 0 bridgehead atoms. The third-order valence-corrected chi connectivity index (χ3v) is 2.65. The van der Waals surface area contributed by atoms with Gasteiger partial charge in [0.1, 0.15) is 0 Å². The summed E-state index contributed by atoms with van der Waals surface area (Å²) in [6, 6.07) is 0. The molecule has 0 aromatic heterocycles. The summed E-state index contributed by atoms with van der Waals surface area (Å²) < 4.78 is 0. The molecule has 0 radical (unpaired) electrons. The minimum Gasteiger partial charge on any atom is -0.348 e. The van der Waals surface area contributed by atoms with Crippen LogP contribution >= 0.6 is 0 Å². The van der Waals surface area contributed by atoms with Crippen LogP contribution in [0.3, 0.4) is 0 Å². The van der Waals surface area contributed by atoms with Crippen LogP contribution in [0, 0.1) is 0 Å². The molecule has 0 aliphatic carbocycles. The zero-order valence-corrected chi connectivity index (χ0v) is 9.72. The van der Waals surface area contributed by atoms with Crippen LogP contribution in [0.15, 0.2) is 0 Å². The Balaban J connectivity index is 4.17. The first-order valence-electron chi connectivity index (χ1n) is 5.25. The highest BCUT2D eigenvalue weighted by Gasteiger charge is 2.25. The lowest BCUT2D eigenvalue weighted by molar-refractivity contribution is -0.126. The van der Waals surface area contributed by atoms with Crippen molar-refractivity contribution in [3.63, 3.8) is 0 Å². The topological polar surface area (TPSA) is 84.2 Å². The first-order chi connectivity index (χ1) is 6.99. The van der Waals surface area contributed by atoms with Gasteiger partial charge in [-0.15, -0.1) is 0 Å². The summed E-state index contributed by atoms with van der Waals surface area (Å²) in [6.07, 6.45) is 1.57. The lowest BCUT2D eigenvalue weighted by atomic mass is 9.93. The van der Waals surface area contributed by atoms with Gasteiger partial charge in [0, 0.05) is 13.5 Å². The monoisotopic (exact) mass is 215 g/mol. The second-order valence-electron chi connectivity index (χ2n) is 3.65. The molecule has 15 heavy (non-hydrogen) atoms. The lowest BCUT2D eigenvalue weighted by Crippen LogP contribution is -2.55. The minimum atomic E-state index is -0.338. The van der Waals surface area contributed by atoms with Crippen molar-refractivity contribution in [3.05, 3.63) is 0 Å². The highest BCUT2D eigenvalue weighted by atomic mass is 16.2. The van der Waals surface area contributed by atoms with Crippen LogP contribution in [-0.4, -0.2) is 30.4 Å². The van der Waals surface area contributed by atoms with Gasteiger partial charge in [-0.05, 0) is 12.8 Å². The fourth-order valence-electron chi connectivity index (χ4n) is 1.31. The van der Waals surface area contributed by atoms with Crippen molar-refractivity contribution in [2.75, 3.05) is 13.1 Å². The van der Waals surface area contributed by atoms with E-state index in [1.54, 1.807) is 0 Å². The fraction of sp³-hybridized carbons (Fsp3) is 0.800. The molecule has 0 saturated heterocycles. The van der Waals surface area contributed by atoms with E-state index in [4.69, 9.17) is 5.73 Å². The van der Waals surface area contributed by atoms with Gasteiger partial charge in [0.2, 0.25) is 11.8 Å². The van der Waals surface area contributed by atoms with Gasteiger partial charge in [0.05, 0.1) is 12.1 Å². The summed E-state index contributed by atoms with van der Waals surface area (Å²) in [4.78, 5) is 22.1. The summed E-state index contributed by atoms with van der Waals surface area (Å²) in [5.74, 6) is -0.407. The predicted octanol–water partition coefficient (Wildman–Crippen LogP) is -0.244. The standard InChI is InChI=1S/C10H21N3O2/c1-4-10(5-2,7-11)13-9(15)6-12-8(3)14/h4-7,11H2,1-3H3,(H,12,14)(H,13,15). The normalized spacial score (nSPS) is 10.9. The van der Waals surface area contributed by atoms with Crippen LogP contribution in [0.25, 0.3) is 0 Å². The van der Waals surface area contributed by atoms with Gasteiger partial charge in [0.15, 0.2) is 0 Å². The average Bonchev–Trinajstić information content (AvgIpc) is 2.23. The van der Waals surface area contributed by atoms with Gasteiger partial charge in [-0.25, -0.2) is 0 Å². The van der Waals surface area contributed by atoms with Crippen molar-refractivity contribution < 1.29 is 9.59 Å². The number of nitrogens with two attached hydrogens (primary N) is 1. The third kappa shape index (κ3) is 4.78. The predicted molar refractivity (Wildman–Crippen MR) is 59.2 cm³/mol. The van der Waals surface area contributed by atoms with Gasteiger partial charge < -0.3 is 16.4 Å². The van der Waals surface area contributed by atoms with E-state index in [9.17, 15) is 9.59 Å². The van der Waals surface area contributed by atoms with Crippen LogP contribution < -0.4 is 16.4 Å². The molecule has 2 amide bonds. The van der Waals surface area contributed by atoms with Gasteiger partial charge in [-0.1, -0.05) is 13.8 Å². The number of rotatable bonds is 6. The number of amides is 2. The lowest BCUT2D eigenvalue weighted by Gasteiger charge is -2.31. The maximum atomic E-state index is 11.5. The van der Waals surface area contributed by atoms with Gasteiger partial charge >= 0.3 is 0 Å². The van der Waals surface area contributed by atoms with Crippen LogP contribution in [0.1, 0.15) is 33.6 Å². The first-order valence-corrected chi connectivity index (χ1v) is 5.25. The van der Waals surface area contributed by atoms with Crippen LogP contribution in [0.4, 0.5) is 0 Å². The first kappa shape index (κ1) is 13.9. The Morgan fingerprint density at radius 3 is 2.13 bits per heavy atom. The Hall–Kier alpha value is -1.10. The summed E-state index contributed by atoms with van der Waals surface area (Å²) in [7, 11) is 0. The number of carbonyl (C=O) groups is 2. The highest BCUT2D eigenvalue weighted by molar-refractivity contribution is 5.84. The Labute approximate surface area is 90.8 Å². The quantitative estimate of drug-likeness (QED) is 0.571. The number of hydrogen-bond donors (Lipinski definition) is 3. The van der Waals surface area contributed by atoms with Crippen molar-refractivity contribution in [1.82, 2.24) is 10.6 Å². The van der Waals surface area contributed by atoms with E-state index in [1.807, 2.05) is 13.8 Å². The van der Waals surface area contributed by atoms with Crippen molar-refractivity contribution in [2.45, 2.75) is 39.2 Å². The van der Waals surface area contributed by atoms with E-state index in [0.29, 0.717) is 6.54 Å². The van der Waals surface area contributed by atoms with E-state index >= 15 is 0 Å². The van der Waals surface area contributed by atoms with E-state index in [-0.39, 0.29) is 23.9 Å². The average molecular weight is 215 g/mol. The smallest absolute Gasteiger partial charge is 0.239 e. The fourth-order valence-corrected chi connectivity index (χ4v) is 1.31. The molecule has 0 unspecified atom stereocenters. The second kappa shape index (κ2) is 6.40. The SMILES string of the molecule is CCC(CC)(CN)NC(=O)CNC(C)=O. The van der Waals surface area contributed by atoms with Crippen LogP contribution in [0.5, 0.6) is 0 Å². The van der Waals surface area contributed by atoms with Gasteiger partial charge in [-0.2, -0.15) is 0 Å². The Morgan fingerprint density at radius 1 is 1.27 bits per heavy atom. The molecule has 0 spiro atoms. The molecule has 0 aromatic rings. The number of carbonyl (C=O) groups excluding carboxylic acids is 2. The van der Waals surface area contributed by atoms with Gasteiger partial charge in [-0.3, -0.25) is 9.59 Å². The van der Waals surface area contributed by atoms with E-state index < -0.39 is 0 Å². The zero-order valence-electron chi connectivity index (χ0n) is 9.72.